The maximum Gasteiger partial charge on any atom is 0.0620 e. The van der Waals surface area contributed by atoms with Gasteiger partial charge >= 0.3 is 0 Å². The van der Waals surface area contributed by atoms with Gasteiger partial charge in [0.25, 0.3) is 0 Å². The maximum atomic E-state index is 5.72. The molecule has 1 aliphatic rings. The molecule has 1 fully saturated rings. The number of rotatable bonds is 7. The van der Waals surface area contributed by atoms with Gasteiger partial charge < -0.3 is 14.8 Å². The number of hydrogen-bond acceptors (Lipinski definition) is 3. The van der Waals surface area contributed by atoms with Crippen molar-refractivity contribution in [1.29, 1.82) is 0 Å². The van der Waals surface area contributed by atoms with Crippen LogP contribution in [0.25, 0.3) is 0 Å². The van der Waals surface area contributed by atoms with Crippen molar-refractivity contribution in [2.24, 2.45) is 0 Å². The van der Waals surface area contributed by atoms with E-state index in [1.165, 1.54) is 19.3 Å². The van der Waals surface area contributed by atoms with Gasteiger partial charge in [-0.2, -0.15) is 0 Å². The predicted octanol–water partition coefficient (Wildman–Crippen LogP) is 1.96. The van der Waals surface area contributed by atoms with Gasteiger partial charge in [0.15, 0.2) is 0 Å². The van der Waals surface area contributed by atoms with E-state index in [0.29, 0.717) is 12.1 Å². The van der Waals surface area contributed by atoms with Crippen LogP contribution in [0, 0.1) is 0 Å². The van der Waals surface area contributed by atoms with E-state index < -0.39 is 0 Å². The lowest BCUT2D eigenvalue weighted by Crippen LogP contribution is -2.36. The van der Waals surface area contributed by atoms with Crippen LogP contribution >= 0.6 is 0 Å². The van der Waals surface area contributed by atoms with Crippen molar-refractivity contribution in [1.82, 2.24) is 5.32 Å². The highest BCUT2D eigenvalue weighted by Gasteiger charge is 2.18. The lowest BCUT2D eigenvalue weighted by atomic mass is 10.0. The zero-order valence-corrected chi connectivity index (χ0v) is 10.1. The largest absolute Gasteiger partial charge is 0.380 e. The summed E-state index contributed by atoms with van der Waals surface area (Å²) in [5.41, 5.74) is 0. The molecule has 0 saturated carbocycles. The zero-order valence-electron chi connectivity index (χ0n) is 10.1. The quantitative estimate of drug-likeness (QED) is 0.659. The third-order valence-electron chi connectivity index (χ3n) is 2.90. The first-order valence-corrected chi connectivity index (χ1v) is 6.23. The third-order valence-corrected chi connectivity index (χ3v) is 2.90. The molecule has 15 heavy (non-hydrogen) atoms. The second kappa shape index (κ2) is 8.08. The number of ether oxygens (including phenoxy) is 2. The van der Waals surface area contributed by atoms with Gasteiger partial charge in [0.2, 0.25) is 0 Å². The van der Waals surface area contributed by atoms with Crippen LogP contribution in [-0.2, 0) is 9.47 Å². The van der Waals surface area contributed by atoms with Crippen LogP contribution in [-0.4, -0.2) is 39.0 Å². The predicted molar refractivity (Wildman–Crippen MR) is 62.2 cm³/mol. The zero-order chi connectivity index (χ0) is 10.9. The summed E-state index contributed by atoms with van der Waals surface area (Å²) < 4.78 is 11.3. The first-order chi connectivity index (χ1) is 7.36. The topological polar surface area (TPSA) is 30.5 Å². The van der Waals surface area contributed by atoms with Crippen LogP contribution in [0.5, 0.6) is 0 Å². The molecule has 0 radical (unpaired) electrons. The number of likely N-dealkylation sites (N-methyl/N-ethyl adjacent to an activating group) is 1. The van der Waals surface area contributed by atoms with E-state index >= 15 is 0 Å². The van der Waals surface area contributed by atoms with Gasteiger partial charge in [-0.25, -0.2) is 0 Å². The van der Waals surface area contributed by atoms with Gasteiger partial charge in [-0.15, -0.1) is 0 Å². The minimum Gasteiger partial charge on any atom is -0.380 e. The van der Waals surface area contributed by atoms with E-state index in [4.69, 9.17) is 9.47 Å². The second-order valence-electron chi connectivity index (χ2n) is 4.28. The average Bonchev–Trinajstić information content (AvgIpc) is 2.29. The Kier molecular flexibility index (Phi) is 6.98. The van der Waals surface area contributed by atoms with Gasteiger partial charge in [-0.05, 0) is 39.2 Å². The van der Waals surface area contributed by atoms with Crippen LogP contribution < -0.4 is 5.32 Å². The Bertz CT molecular complexity index is 147. The molecular weight excluding hydrogens is 190 g/mol. The molecule has 0 spiro atoms. The Morgan fingerprint density at radius 2 is 2.33 bits per heavy atom. The molecule has 2 atom stereocenters. The Morgan fingerprint density at radius 1 is 1.47 bits per heavy atom. The molecule has 2 unspecified atom stereocenters. The molecule has 0 amide bonds. The molecule has 0 aromatic rings. The monoisotopic (exact) mass is 215 g/mol. The molecule has 0 bridgehead atoms. The lowest BCUT2D eigenvalue weighted by molar-refractivity contribution is -0.00274. The van der Waals surface area contributed by atoms with Crippen molar-refractivity contribution in [2.45, 2.75) is 51.2 Å². The Labute approximate surface area is 93.5 Å². The Hall–Kier alpha value is -0.120. The summed E-state index contributed by atoms with van der Waals surface area (Å²) in [6.07, 6.45) is 6.38. The summed E-state index contributed by atoms with van der Waals surface area (Å²) in [7, 11) is 2.00. The number of hydrogen-bond donors (Lipinski definition) is 1. The van der Waals surface area contributed by atoms with Crippen LogP contribution in [0.3, 0.4) is 0 Å². The van der Waals surface area contributed by atoms with E-state index in [1.807, 2.05) is 7.05 Å². The van der Waals surface area contributed by atoms with Crippen molar-refractivity contribution in [3.63, 3.8) is 0 Å². The highest BCUT2D eigenvalue weighted by molar-refractivity contribution is 4.72. The molecule has 1 N–H and O–H groups in total. The molecule has 90 valence electrons. The van der Waals surface area contributed by atoms with Gasteiger partial charge in [-0.1, -0.05) is 6.92 Å². The first kappa shape index (κ1) is 12.9. The second-order valence-corrected chi connectivity index (χ2v) is 4.28. The van der Waals surface area contributed by atoms with E-state index in [0.717, 1.165) is 32.7 Å². The minimum atomic E-state index is 0.444. The SMILES string of the molecule is CCCOCC(CC1CCCCO1)NC. The third kappa shape index (κ3) is 5.50. The molecule has 1 aliphatic heterocycles. The molecule has 0 aromatic carbocycles. The van der Waals surface area contributed by atoms with E-state index in [1.54, 1.807) is 0 Å². The molecule has 3 nitrogen and oxygen atoms in total. The van der Waals surface area contributed by atoms with Crippen LogP contribution in [0.1, 0.15) is 39.0 Å². The highest BCUT2D eigenvalue weighted by Crippen LogP contribution is 2.17. The van der Waals surface area contributed by atoms with Gasteiger partial charge in [-0.3, -0.25) is 0 Å². The van der Waals surface area contributed by atoms with E-state index in [-0.39, 0.29) is 0 Å². The van der Waals surface area contributed by atoms with Crippen molar-refractivity contribution in [3.05, 3.63) is 0 Å². The van der Waals surface area contributed by atoms with Crippen molar-refractivity contribution < 1.29 is 9.47 Å². The van der Waals surface area contributed by atoms with Crippen molar-refractivity contribution >= 4 is 0 Å². The van der Waals surface area contributed by atoms with Gasteiger partial charge in [0.1, 0.15) is 0 Å². The molecule has 1 saturated heterocycles. The first-order valence-electron chi connectivity index (χ1n) is 6.23. The summed E-state index contributed by atoms with van der Waals surface area (Å²) in [6, 6.07) is 0.444. The Balaban J connectivity index is 2.13. The van der Waals surface area contributed by atoms with Crippen molar-refractivity contribution in [2.75, 3.05) is 26.9 Å². The van der Waals surface area contributed by atoms with Crippen LogP contribution in [0.2, 0.25) is 0 Å². The highest BCUT2D eigenvalue weighted by atomic mass is 16.5. The molecule has 1 heterocycles. The maximum absolute atomic E-state index is 5.72. The van der Waals surface area contributed by atoms with Gasteiger partial charge in [0.05, 0.1) is 12.7 Å². The average molecular weight is 215 g/mol. The number of nitrogens with one attached hydrogen (secondary N) is 1. The summed E-state index contributed by atoms with van der Waals surface area (Å²) in [5, 5.41) is 3.30. The molecule has 0 aromatic heterocycles. The minimum absolute atomic E-state index is 0.444. The Morgan fingerprint density at radius 3 is 2.93 bits per heavy atom. The summed E-state index contributed by atoms with van der Waals surface area (Å²) in [4.78, 5) is 0. The fourth-order valence-corrected chi connectivity index (χ4v) is 1.95. The normalized spacial score (nSPS) is 24.0. The summed E-state index contributed by atoms with van der Waals surface area (Å²) in [6.45, 7) is 4.75. The van der Waals surface area contributed by atoms with Crippen LogP contribution in [0.15, 0.2) is 0 Å². The molecule has 0 aliphatic carbocycles. The van der Waals surface area contributed by atoms with Crippen molar-refractivity contribution in [3.8, 4) is 0 Å². The molecule has 3 heteroatoms. The standard InChI is InChI=1S/C12H25NO2/c1-3-7-14-10-11(13-2)9-12-6-4-5-8-15-12/h11-13H,3-10H2,1-2H3. The van der Waals surface area contributed by atoms with Gasteiger partial charge in [0, 0.05) is 19.3 Å². The van der Waals surface area contributed by atoms with Crippen LogP contribution in [0.4, 0.5) is 0 Å². The summed E-state index contributed by atoms with van der Waals surface area (Å²) >= 11 is 0. The fourth-order valence-electron chi connectivity index (χ4n) is 1.95. The lowest BCUT2D eigenvalue weighted by Gasteiger charge is -2.26. The smallest absolute Gasteiger partial charge is 0.0620 e. The molecular formula is C12H25NO2. The van der Waals surface area contributed by atoms with E-state index in [9.17, 15) is 0 Å². The fraction of sp³-hybridized carbons (Fsp3) is 1.00. The van der Waals surface area contributed by atoms with E-state index in [2.05, 4.69) is 12.2 Å². The molecule has 1 rings (SSSR count). The summed E-state index contributed by atoms with van der Waals surface area (Å²) in [5.74, 6) is 0.